The van der Waals surface area contributed by atoms with Crippen molar-refractivity contribution in [2.24, 2.45) is 0 Å². The van der Waals surface area contributed by atoms with Crippen molar-refractivity contribution in [1.82, 2.24) is 9.13 Å². The van der Waals surface area contributed by atoms with Gasteiger partial charge < -0.3 is 9.13 Å². The predicted octanol–water partition coefficient (Wildman–Crippen LogP) is 7.91. The topological polar surface area (TPSA) is 9.86 Å². The van der Waals surface area contributed by atoms with Crippen LogP contribution in [0.5, 0.6) is 0 Å². The van der Waals surface area contributed by atoms with E-state index in [0.717, 1.165) is 18.5 Å². The summed E-state index contributed by atoms with van der Waals surface area (Å²) in [6.45, 7) is 4.00. The third kappa shape index (κ3) is 2.80. The van der Waals surface area contributed by atoms with E-state index in [1.807, 2.05) is 6.08 Å². The highest BCUT2D eigenvalue weighted by Crippen LogP contribution is 2.34. The molecule has 0 saturated heterocycles. The van der Waals surface area contributed by atoms with Crippen LogP contribution in [0.4, 0.5) is 0 Å². The zero-order chi connectivity index (χ0) is 21.5. The van der Waals surface area contributed by atoms with E-state index in [9.17, 15) is 0 Å². The quantitative estimate of drug-likeness (QED) is 0.265. The van der Waals surface area contributed by atoms with Gasteiger partial charge >= 0.3 is 0 Å². The van der Waals surface area contributed by atoms with E-state index in [2.05, 4.69) is 119 Å². The second kappa shape index (κ2) is 7.58. The van der Waals surface area contributed by atoms with Crippen molar-refractivity contribution >= 4 is 50.7 Å². The Labute approximate surface area is 187 Å². The molecule has 0 spiro atoms. The lowest BCUT2D eigenvalue weighted by Crippen LogP contribution is -2.01. The van der Waals surface area contributed by atoms with Gasteiger partial charge in [0.2, 0.25) is 0 Å². The van der Waals surface area contributed by atoms with E-state index in [1.165, 1.54) is 44.0 Å². The summed E-state index contributed by atoms with van der Waals surface area (Å²) in [5, 5.41) is 3.88. The number of nitrogens with zero attached hydrogens (tertiary/aromatic N) is 2. The van der Waals surface area contributed by atoms with E-state index < -0.39 is 0 Å². The maximum atomic E-state index is 4.00. The molecule has 0 aliphatic heterocycles. The van der Waals surface area contributed by atoms with Crippen LogP contribution in [-0.4, -0.2) is 9.13 Å². The molecular weight excluding hydrogens is 388 g/mol. The monoisotopic (exact) mass is 412 g/mol. The summed E-state index contributed by atoms with van der Waals surface area (Å²) in [5.74, 6) is 0. The van der Waals surface area contributed by atoms with E-state index in [0.29, 0.717) is 0 Å². The second-order valence-corrected chi connectivity index (χ2v) is 8.20. The molecule has 0 radical (unpaired) electrons. The molecule has 6 rings (SSSR count). The standard InChI is InChI=1S/C30H24N2/c1-2-11-22(32-29-18-9-5-14-25(29)26-15-6-10-19-30(26)32)20-21-31-27-16-7-3-12-23(27)24-13-4-8-17-28(24)31/h2-5,7-14,16-21H,1,6,15H2/b21-20+,22-11+. The molecule has 154 valence electrons. The Morgan fingerprint density at radius 3 is 2.09 bits per heavy atom. The maximum Gasteiger partial charge on any atom is 0.0537 e. The highest BCUT2D eigenvalue weighted by atomic mass is 15.0. The molecule has 2 heterocycles. The predicted molar refractivity (Wildman–Crippen MR) is 139 cm³/mol. The highest BCUT2D eigenvalue weighted by Gasteiger charge is 2.18. The first kappa shape index (κ1) is 18.7. The second-order valence-electron chi connectivity index (χ2n) is 8.20. The number of benzene rings is 3. The molecule has 1 aliphatic carbocycles. The largest absolute Gasteiger partial charge is 0.316 e. The SMILES string of the molecule is C=C/C=C(\C=C\n1c2ccccc2c2ccccc21)n1c2c(c3ccccc31)CCC=C2. The van der Waals surface area contributed by atoms with Crippen molar-refractivity contribution < 1.29 is 0 Å². The van der Waals surface area contributed by atoms with Gasteiger partial charge in [-0.05, 0) is 54.8 Å². The third-order valence-electron chi connectivity index (χ3n) is 6.42. The molecule has 0 saturated carbocycles. The Morgan fingerprint density at radius 1 is 0.781 bits per heavy atom. The van der Waals surface area contributed by atoms with Crippen LogP contribution in [0.25, 0.3) is 50.7 Å². The number of aromatic nitrogens is 2. The van der Waals surface area contributed by atoms with Gasteiger partial charge in [-0.2, -0.15) is 0 Å². The summed E-state index contributed by atoms with van der Waals surface area (Å²) < 4.78 is 4.65. The molecule has 0 unspecified atom stereocenters. The molecule has 2 heteroatoms. The maximum absolute atomic E-state index is 4.00. The van der Waals surface area contributed by atoms with E-state index >= 15 is 0 Å². The van der Waals surface area contributed by atoms with Crippen molar-refractivity contribution in [3.05, 3.63) is 115 Å². The fourth-order valence-electron chi connectivity index (χ4n) is 5.05. The Kier molecular flexibility index (Phi) is 4.43. The number of rotatable bonds is 4. The van der Waals surface area contributed by atoms with Crippen LogP contribution in [-0.2, 0) is 6.42 Å². The van der Waals surface area contributed by atoms with Crippen molar-refractivity contribution in [1.29, 1.82) is 0 Å². The summed E-state index contributed by atoms with van der Waals surface area (Å²) in [7, 11) is 0. The van der Waals surface area contributed by atoms with Crippen LogP contribution in [0.1, 0.15) is 17.7 Å². The van der Waals surface area contributed by atoms with Crippen LogP contribution < -0.4 is 0 Å². The molecule has 0 N–H and O–H groups in total. The molecule has 0 atom stereocenters. The van der Waals surface area contributed by atoms with Crippen molar-refractivity contribution in [3.8, 4) is 0 Å². The minimum atomic E-state index is 1.08. The zero-order valence-corrected chi connectivity index (χ0v) is 17.9. The van der Waals surface area contributed by atoms with E-state index in [1.54, 1.807) is 0 Å². The lowest BCUT2D eigenvalue weighted by molar-refractivity contribution is 0.975. The minimum absolute atomic E-state index is 1.08. The molecule has 32 heavy (non-hydrogen) atoms. The minimum Gasteiger partial charge on any atom is -0.316 e. The summed E-state index contributed by atoms with van der Waals surface area (Å²) in [6, 6.07) is 25.9. The summed E-state index contributed by atoms with van der Waals surface area (Å²) in [5.41, 5.74) is 7.47. The number of fused-ring (bicyclic) bond motifs is 6. The number of hydrogen-bond acceptors (Lipinski definition) is 0. The van der Waals surface area contributed by atoms with Crippen molar-refractivity contribution in [3.63, 3.8) is 0 Å². The number of hydrogen-bond donors (Lipinski definition) is 0. The van der Waals surface area contributed by atoms with Crippen molar-refractivity contribution in [2.45, 2.75) is 12.8 Å². The first-order valence-corrected chi connectivity index (χ1v) is 11.1. The van der Waals surface area contributed by atoms with Crippen LogP contribution in [0.2, 0.25) is 0 Å². The molecule has 3 aromatic carbocycles. The lowest BCUT2D eigenvalue weighted by Gasteiger charge is -2.13. The smallest absolute Gasteiger partial charge is 0.0537 e. The average Bonchev–Trinajstić information content (AvgIpc) is 3.35. The summed E-state index contributed by atoms with van der Waals surface area (Å²) in [6.07, 6.45) is 15.1. The van der Waals surface area contributed by atoms with Crippen molar-refractivity contribution in [2.75, 3.05) is 0 Å². The number of allylic oxidation sites excluding steroid dienone is 5. The van der Waals surface area contributed by atoms with Gasteiger partial charge in [0.25, 0.3) is 0 Å². The van der Waals surface area contributed by atoms with Gasteiger partial charge in [-0.25, -0.2) is 0 Å². The van der Waals surface area contributed by atoms with Gasteiger partial charge in [0.15, 0.2) is 0 Å². The Bertz CT molecular complexity index is 1530. The van der Waals surface area contributed by atoms with Gasteiger partial charge in [0.05, 0.1) is 16.6 Å². The molecule has 5 aromatic rings. The molecular formula is C30H24N2. The van der Waals surface area contributed by atoms with E-state index in [4.69, 9.17) is 0 Å². The summed E-state index contributed by atoms with van der Waals surface area (Å²) >= 11 is 0. The van der Waals surface area contributed by atoms with Crippen LogP contribution in [0.15, 0.2) is 104 Å². The Morgan fingerprint density at radius 2 is 1.41 bits per heavy atom. The third-order valence-corrected chi connectivity index (χ3v) is 6.42. The number of aryl methyl sites for hydroxylation is 1. The molecule has 0 amide bonds. The molecule has 0 fully saturated rings. The van der Waals surface area contributed by atoms with Gasteiger partial charge in [0, 0.05) is 33.7 Å². The van der Waals surface area contributed by atoms with Gasteiger partial charge in [-0.1, -0.05) is 73.3 Å². The first-order valence-electron chi connectivity index (χ1n) is 11.1. The Balaban J connectivity index is 1.57. The zero-order valence-electron chi connectivity index (χ0n) is 17.9. The van der Waals surface area contributed by atoms with Crippen LogP contribution in [0.3, 0.4) is 0 Å². The molecule has 0 bridgehead atoms. The molecule has 2 nitrogen and oxygen atoms in total. The van der Waals surface area contributed by atoms with Crippen LogP contribution >= 0.6 is 0 Å². The van der Waals surface area contributed by atoms with Gasteiger partial charge in [0.1, 0.15) is 0 Å². The molecule has 2 aromatic heterocycles. The number of para-hydroxylation sites is 3. The Hall–Kier alpha value is -4.04. The van der Waals surface area contributed by atoms with Crippen LogP contribution in [0, 0.1) is 0 Å². The van der Waals surface area contributed by atoms with E-state index in [-0.39, 0.29) is 0 Å². The average molecular weight is 413 g/mol. The van der Waals surface area contributed by atoms with Gasteiger partial charge in [-0.15, -0.1) is 0 Å². The highest BCUT2D eigenvalue weighted by molar-refractivity contribution is 6.09. The normalized spacial score (nSPS) is 14.1. The summed E-state index contributed by atoms with van der Waals surface area (Å²) in [4.78, 5) is 0. The fourth-order valence-corrected chi connectivity index (χ4v) is 5.05. The first-order chi connectivity index (χ1) is 15.9. The van der Waals surface area contributed by atoms with Gasteiger partial charge in [-0.3, -0.25) is 0 Å². The fraction of sp³-hybridized carbons (Fsp3) is 0.0667. The lowest BCUT2D eigenvalue weighted by atomic mass is 10.0. The molecule has 1 aliphatic rings.